The number of carbonyl (C=O) groups is 1. The molecule has 2 fully saturated rings. The number of carbonyl (C=O) groups excluding carboxylic acids is 1. The Hall–Kier alpha value is -0.970. The maximum atomic E-state index is 12.7. The molecule has 0 bridgehead atoms. The third-order valence-electron chi connectivity index (χ3n) is 7.40. The van der Waals surface area contributed by atoms with E-state index < -0.39 is 17.1 Å². The lowest BCUT2D eigenvalue weighted by atomic mass is 9.60. The van der Waals surface area contributed by atoms with E-state index in [1.165, 1.54) is 5.92 Å². The van der Waals surface area contributed by atoms with Crippen LogP contribution in [-0.2, 0) is 4.79 Å². The highest BCUT2D eigenvalue weighted by molar-refractivity contribution is 6.04. The molecule has 2 saturated carbocycles. The maximum Gasteiger partial charge on any atom is 0.190 e. The first-order valence-corrected chi connectivity index (χ1v) is 8.93. The molecule has 0 heterocycles. The number of Topliss-reactive ketones (excluding diaryl/α,β-unsaturated/α-hetero) is 1. The van der Waals surface area contributed by atoms with Gasteiger partial charge in [0.05, 0.1) is 12.2 Å². The first-order valence-electron chi connectivity index (χ1n) is 8.93. The monoisotopic (exact) mass is 331 g/mol. The number of fused-ring (bicyclic) bond motifs is 5. The molecule has 4 nitrogen and oxygen atoms in total. The summed E-state index contributed by atoms with van der Waals surface area (Å²) in [5.74, 6) is 0.591. The molecule has 0 aliphatic heterocycles. The minimum Gasteiger partial charge on any atom is -0.392 e. The van der Waals surface area contributed by atoms with Crippen molar-refractivity contribution in [2.24, 2.45) is 29.1 Å². The summed E-state index contributed by atoms with van der Waals surface area (Å²) in [5, 5.41) is 32.9. The van der Waals surface area contributed by atoms with Gasteiger partial charge in [0.1, 0.15) is 5.60 Å². The van der Waals surface area contributed by atoms with Crippen molar-refractivity contribution in [2.75, 3.05) is 6.61 Å². The zero-order valence-electron chi connectivity index (χ0n) is 14.8. The number of hydrogen-bond donors (Lipinski definition) is 3. The Kier molecular flexibility index (Phi) is 3.16. The van der Waals surface area contributed by atoms with E-state index in [1.54, 1.807) is 13.0 Å². The van der Waals surface area contributed by atoms with E-state index in [1.807, 2.05) is 13.0 Å². The van der Waals surface area contributed by atoms with E-state index in [4.69, 9.17) is 0 Å². The van der Waals surface area contributed by atoms with Crippen molar-refractivity contribution in [3.8, 4) is 0 Å². The number of ketones is 1. The van der Waals surface area contributed by atoms with Gasteiger partial charge in [-0.25, -0.2) is 0 Å². The second-order valence-electron chi connectivity index (χ2n) is 8.98. The molecule has 4 aliphatic rings. The summed E-state index contributed by atoms with van der Waals surface area (Å²) >= 11 is 0. The Labute approximate surface area is 143 Å². The van der Waals surface area contributed by atoms with Gasteiger partial charge in [0, 0.05) is 18.3 Å². The molecule has 6 atom stereocenters. The van der Waals surface area contributed by atoms with E-state index in [-0.39, 0.29) is 42.0 Å². The van der Waals surface area contributed by atoms with Gasteiger partial charge in [0.25, 0.3) is 0 Å². The third kappa shape index (κ3) is 1.72. The smallest absolute Gasteiger partial charge is 0.190 e. The Morgan fingerprint density at radius 3 is 2.54 bits per heavy atom. The zero-order chi connectivity index (χ0) is 17.7. The molecule has 24 heavy (non-hydrogen) atoms. The molecule has 131 valence electrons. The summed E-state index contributed by atoms with van der Waals surface area (Å²) < 4.78 is 0. The lowest BCUT2D eigenvalue weighted by Gasteiger charge is -2.49. The first-order chi connectivity index (χ1) is 11.1. The van der Waals surface area contributed by atoms with Crippen molar-refractivity contribution in [3.05, 3.63) is 29.2 Å². The van der Waals surface area contributed by atoms with E-state index in [0.29, 0.717) is 11.1 Å². The van der Waals surface area contributed by atoms with E-state index in [0.717, 1.165) is 6.42 Å². The molecule has 1 radical (unpaired) electrons. The molecule has 4 rings (SSSR count). The Morgan fingerprint density at radius 1 is 1.25 bits per heavy atom. The summed E-state index contributed by atoms with van der Waals surface area (Å²) in [6.45, 7) is 7.95. The van der Waals surface area contributed by atoms with Crippen LogP contribution in [-0.4, -0.2) is 38.9 Å². The fraction of sp³-hybridized carbons (Fsp3) is 0.700. The minimum absolute atomic E-state index is 0.0451. The highest BCUT2D eigenvalue weighted by Crippen LogP contribution is 2.74. The van der Waals surface area contributed by atoms with Crippen LogP contribution in [0.1, 0.15) is 40.5 Å². The largest absolute Gasteiger partial charge is 0.392 e. The summed E-state index contributed by atoms with van der Waals surface area (Å²) in [6, 6.07) is 0. The van der Waals surface area contributed by atoms with Crippen LogP contribution in [0.4, 0.5) is 0 Å². The Balaban J connectivity index is 1.90. The highest BCUT2D eigenvalue weighted by Gasteiger charge is 2.73. The van der Waals surface area contributed by atoms with Crippen LogP contribution in [0.2, 0.25) is 0 Å². The molecule has 3 N–H and O–H groups in total. The Bertz CT molecular complexity index is 675. The highest BCUT2D eigenvalue weighted by atomic mass is 16.3. The molecular formula is C20H27O4. The summed E-state index contributed by atoms with van der Waals surface area (Å²) in [6.07, 6.45) is 4.68. The van der Waals surface area contributed by atoms with E-state index in [9.17, 15) is 20.1 Å². The molecule has 0 aromatic rings. The quantitative estimate of drug-likeness (QED) is 0.640. The van der Waals surface area contributed by atoms with Gasteiger partial charge in [-0.3, -0.25) is 4.79 Å². The second kappa shape index (κ2) is 4.60. The summed E-state index contributed by atoms with van der Waals surface area (Å²) in [7, 11) is 0. The van der Waals surface area contributed by atoms with Crippen LogP contribution < -0.4 is 0 Å². The molecular weight excluding hydrogens is 304 g/mol. The number of aliphatic hydroxyl groups is 3. The van der Waals surface area contributed by atoms with Crippen LogP contribution in [0, 0.1) is 35.0 Å². The lowest BCUT2D eigenvalue weighted by molar-refractivity contribution is -0.165. The fourth-order valence-corrected chi connectivity index (χ4v) is 5.98. The van der Waals surface area contributed by atoms with Crippen molar-refractivity contribution in [2.45, 2.75) is 51.7 Å². The number of hydrogen-bond acceptors (Lipinski definition) is 4. The average Bonchev–Trinajstić information content (AvgIpc) is 3.00. The molecule has 0 unspecified atom stereocenters. The maximum absolute atomic E-state index is 12.7. The predicted molar refractivity (Wildman–Crippen MR) is 89.7 cm³/mol. The van der Waals surface area contributed by atoms with Gasteiger partial charge in [-0.2, -0.15) is 0 Å². The van der Waals surface area contributed by atoms with Gasteiger partial charge in [-0.15, -0.1) is 0 Å². The minimum atomic E-state index is -1.63. The number of aliphatic hydroxyl groups excluding tert-OH is 1. The van der Waals surface area contributed by atoms with Crippen LogP contribution in [0.5, 0.6) is 0 Å². The zero-order valence-corrected chi connectivity index (χ0v) is 14.8. The van der Waals surface area contributed by atoms with Crippen LogP contribution in [0.3, 0.4) is 0 Å². The predicted octanol–water partition coefficient (Wildman–Crippen LogP) is 1.80. The van der Waals surface area contributed by atoms with E-state index in [2.05, 4.69) is 13.8 Å². The fourth-order valence-electron chi connectivity index (χ4n) is 5.98. The molecule has 0 amide bonds. The topological polar surface area (TPSA) is 77.8 Å². The normalized spacial score (nSPS) is 49.5. The van der Waals surface area contributed by atoms with Gasteiger partial charge in [-0.05, 0) is 47.7 Å². The summed E-state index contributed by atoms with van der Waals surface area (Å²) in [4.78, 5) is 12.7. The molecule has 0 aromatic heterocycles. The summed E-state index contributed by atoms with van der Waals surface area (Å²) in [5.41, 5.74) is -1.54. The third-order valence-corrected chi connectivity index (χ3v) is 7.40. The van der Waals surface area contributed by atoms with Crippen molar-refractivity contribution < 1.29 is 20.1 Å². The standard InChI is InChI=1S/C20H27O4/c1-10-5-15-19(23,17(10)22)8-12(9-21)7-14-16-13(18(16,3)4)6-11(2)20(14,15)24/h5,7,11,14-16,21,23-24H,6,8-9H2,1-4H3/t11-,14+,15-,16-,19-,20-/m1/s1. The molecule has 0 spiro atoms. The van der Waals surface area contributed by atoms with Crippen molar-refractivity contribution >= 4 is 5.78 Å². The molecule has 4 heteroatoms. The van der Waals surface area contributed by atoms with Crippen molar-refractivity contribution in [3.63, 3.8) is 0 Å². The second-order valence-corrected chi connectivity index (χ2v) is 8.98. The van der Waals surface area contributed by atoms with Gasteiger partial charge >= 0.3 is 0 Å². The lowest BCUT2D eigenvalue weighted by Crippen LogP contribution is -2.59. The van der Waals surface area contributed by atoms with Crippen LogP contribution in [0.25, 0.3) is 0 Å². The van der Waals surface area contributed by atoms with Crippen molar-refractivity contribution in [1.29, 1.82) is 0 Å². The average molecular weight is 331 g/mol. The van der Waals surface area contributed by atoms with Gasteiger partial charge in [0.2, 0.25) is 0 Å². The van der Waals surface area contributed by atoms with Gasteiger partial charge in [0.15, 0.2) is 5.78 Å². The van der Waals surface area contributed by atoms with Gasteiger partial charge in [-0.1, -0.05) is 32.9 Å². The van der Waals surface area contributed by atoms with Gasteiger partial charge < -0.3 is 15.3 Å². The molecule has 0 saturated heterocycles. The Morgan fingerprint density at radius 2 is 1.92 bits per heavy atom. The first kappa shape index (κ1) is 16.5. The SMILES string of the molecule is CC1=C[C@H]2[C@@]3(O)[C@H](C)C[C]4[C@H]([C@@H]3C=C(CO)C[C@]2(O)C1=O)C4(C)C. The van der Waals surface area contributed by atoms with Crippen molar-refractivity contribution in [1.82, 2.24) is 0 Å². The van der Waals surface area contributed by atoms with Crippen LogP contribution in [0.15, 0.2) is 23.3 Å². The number of rotatable bonds is 1. The van der Waals surface area contributed by atoms with E-state index >= 15 is 0 Å². The van der Waals surface area contributed by atoms with Crippen LogP contribution >= 0.6 is 0 Å². The molecule has 4 aliphatic carbocycles. The molecule has 0 aromatic carbocycles.